The third-order valence-electron chi connectivity index (χ3n) is 8.87. The third-order valence-corrected chi connectivity index (χ3v) is 8.87. The average molecular weight is 697 g/mol. The van der Waals surface area contributed by atoms with Gasteiger partial charge in [-0.3, -0.25) is 4.79 Å². The number of esters is 1. The van der Waals surface area contributed by atoms with Crippen molar-refractivity contribution in [3.05, 3.63) is 0 Å². The van der Waals surface area contributed by atoms with Gasteiger partial charge in [-0.2, -0.15) is 0 Å². The minimum Gasteiger partial charge on any atom is -0.457 e. The fraction of sp³-hybridized carbons (Fsp3) is 0.971. The Balaban J connectivity index is 1.86. The van der Waals surface area contributed by atoms with E-state index in [1.807, 2.05) is 0 Å². The molecule has 0 radical (unpaired) electrons. The number of aliphatic hydroxyl groups excluding tert-OH is 7. The molecular formula is C34H64O14. The van der Waals surface area contributed by atoms with Gasteiger partial charge >= 0.3 is 5.97 Å². The van der Waals surface area contributed by atoms with Crippen molar-refractivity contribution in [2.24, 2.45) is 0 Å². The smallest absolute Gasteiger partial charge is 0.306 e. The lowest BCUT2D eigenvalue weighted by Crippen LogP contribution is -2.61. The summed E-state index contributed by atoms with van der Waals surface area (Å²) in [5.41, 5.74) is 0. The van der Waals surface area contributed by atoms with Crippen LogP contribution in [0.15, 0.2) is 0 Å². The predicted molar refractivity (Wildman–Crippen MR) is 174 cm³/mol. The molecule has 2 saturated heterocycles. The number of hydrogen-bond acceptors (Lipinski definition) is 14. The first-order valence-corrected chi connectivity index (χ1v) is 18.1. The Morgan fingerprint density at radius 2 is 1.10 bits per heavy atom. The molecule has 11 atom stereocenters. The molecule has 14 nitrogen and oxygen atoms in total. The monoisotopic (exact) mass is 696 g/mol. The first-order chi connectivity index (χ1) is 23.1. The van der Waals surface area contributed by atoms with Crippen molar-refractivity contribution in [3.63, 3.8) is 0 Å². The highest BCUT2D eigenvalue weighted by molar-refractivity contribution is 5.69. The largest absolute Gasteiger partial charge is 0.457 e. The zero-order valence-corrected chi connectivity index (χ0v) is 29.0. The number of carbonyl (C=O) groups is 1. The van der Waals surface area contributed by atoms with Gasteiger partial charge in [0.1, 0.15) is 54.9 Å². The maximum Gasteiger partial charge on any atom is 0.306 e. The Labute approximate surface area is 285 Å². The van der Waals surface area contributed by atoms with Crippen molar-refractivity contribution in [2.45, 2.75) is 178 Å². The second kappa shape index (κ2) is 25.0. The Hall–Kier alpha value is -1.01. The van der Waals surface area contributed by atoms with E-state index in [2.05, 4.69) is 13.8 Å². The fourth-order valence-corrected chi connectivity index (χ4v) is 5.75. The van der Waals surface area contributed by atoms with Crippen LogP contribution in [0.25, 0.3) is 0 Å². The van der Waals surface area contributed by atoms with Crippen molar-refractivity contribution < 1.29 is 69.0 Å². The molecule has 2 heterocycles. The summed E-state index contributed by atoms with van der Waals surface area (Å²) >= 11 is 0. The van der Waals surface area contributed by atoms with Gasteiger partial charge in [-0.25, -0.2) is 0 Å². The van der Waals surface area contributed by atoms with Crippen LogP contribution in [0.5, 0.6) is 0 Å². The van der Waals surface area contributed by atoms with Gasteiger partial charge < -0.3 is 64.2 Å². The van der Waals surface area contributed by atoms with Gasteiger partial charge in [-0.05, 0) is 12.8 Å². The quantitative estimate of drug-likeness (QED) is 0.0504. The lowest BCUT2D eigenvalue weighted by atomic mass is 9.98. The zero-order chi connectivity index (χ0) is 35.3. The Morgan fingerprint density at radius 1 is 0.604 bits per heavy atom. The molecule has 2 aliphatic rings. The van der Waals surface area contributed by atoms with Gasteiger partial charge in [-0.1, -0.05) is 90.9 Å². The predicted octanol–water partition coefficient (Wildman–Crippen LogP) is 1.45. The Morgan fingerprint density at radius 3 is 1.69 bits per heavy atom. The number of carbonyl (C=O) groups excluding carboxylic acids is 1. The first kappa shape index (κ1) is 43.2. The SMILES string of the molecule is CCCCCCCCCCCCOCC(COC1OC(COC2OC(CO)C(O)C(O)C2O)C(O)C(O)C1O)OC(=O)CCCCCC. The molecule has 48 heavy (non-hydrogen) atoms. The molecule has 0 bridgehead atoms. The lowest BCUT2D eigenvalue weighted by Gasteiger charge is -2.42. The molecule has 0 aromatic rings. The number of aliphatic hydroxyl groups is 7. The van der Waals surface area contributed by atoms with Crippen molar-refractivity contribution in [3.8, 4) is 0 Å². The van der Waals surface area contributed by atoms with E-state index in [9.17, 15) is 40.5 Å². The van der Waals surface area contributed by atoms with Gasteiger partial charge in [-0.15, -0.1) is 0 Å². The molecule has 2 aliphatic heterocycles. The van der Waals surface area contributed by atoms with Crippen molar-refractivity contribution >= 4 is 5.97 Å². The van der Waals surface area contributed by atoms with E-state index >= 15 is 0 Å². The molecule has 0 aromatic carbocycles. The molecule has 0 amide bonds. The summed E-state index contributed by atoms with van der Waals surface area (Å²) in [5.74, 6) is -0.395. The van der Waals surface area contributed by atoms with E-state index in [4.69, 9.17) is 28.4 Å². The van der Waals surface area contributed by atoms with Crippen LogP contribution in [0, 0.1) is 0 Å². The van der Waals surface area contributed by atoms with E-state index in [0.717, 1.165) is 38.5 Å². The van der Waals surface area contributed by atoms with Crippen LogP contribution in [-0.2, 0) is 33.2 Å². The van der Waals surface area contributed by atoms with Crippen LogP contribution in [0.1, 0.15) is 110 Å². The molecule has 284 valence electrons. The zero-order valence-electron chi connectivity index (χ0n) is 29.0. The summed E-state index contributed by atoms with van der Waals surface area (Å²) < 4.78 is 33.7. The van der Waals surface area contributed by atoms with Crippen molar-refractivity contribution in [1.29, 1.82) is 0 Å². The first-order valence-electron chi connectivity index (χ1n) is 18.1. The number of rotatable bonds is 26. The lowest BCUT2D eigenvalue weighted by molar-refractivity contribution is -0.332. The van der Waals surface area contributed by atoms with Gasteiger partial charge in [0, 0.05) is 13.0 Å². The topological polar surface area (TPSA) is 214 Å². The minimum atomic E-state index is -1.70. The molecule has 0 saturated carbocycles. The summed E-state index contributed by atoms with van der Waals surface area (Å²) in [6.07, 6.45) is -0.211. The molecule has 7 N–H and O–H groups in total. The molecule has 0 aromatic heterocycles. The molecular weight excluding hydrogens is 632 g/mol. The molecule has 11 unspecified atom stereocenters. The highest BCUT2D eigenvalue weighted by Crippen LogP contribution is 2.26. The third kappa shape index (κ3) is 15.5. The summed E-state index contributed by atoms with van der Waals surface area (Å²) in [6.45, 7) is 3.51. The van der Waals surface area contributed by atoms with Crippen LogP contribution in [-0.4, -0.2) is 142 Å². The number of hydrogen-bond donors (Lipinski definition) is 7. The van der Waals surface area contributed by atoms with Crippen LogP contribution in [0.2, 0.25) is 0 Å². The molecule has 2 rings (SSSR count). The van der Waals surface area contributed by atoms with Crippen LogP contribution >= 0.6 is 0 Å². The molecule has 0 aliphatic carbocycles. The summed E-state index contributed by atoms with van der Waals surface area (Å²) in [6, 6.07) is 0. The fourth-order valence-electron chi connectivity index (χ4n) is 5.75. The van der Waals surface area contributed by atoms with Crippen LogP contribution in [0.4, 0.5) is 0 Å². The molecule has 2 fully saturated rings. The summed E-state index contributed by atoms with van der Waals surface area (Å²) in [4.78, 5) is 12.6. The Bertz CT molecular complexity index is 819. The van der Waals surface area contributed by atoms with Crippen LogP contribution in [0.3, 0.4) is 0 Å². The minimum absolute atomic E-state index is 0.0652. The van der Waals surface area contributed by atoms with E-state index in [-0.39, 0.29) is 19.6 Å². The average Bonchev–Trinajstić information content (AvgIpc) is 3.08. The summed E-state index contributed by atoms with van der Waals surface area (Å²) in [7, 11) is 0. The van der Waals surface area contributed by atoms with Crippen LogP contribution < -0.4 is 0 Å². The number of ether oxygens (including phenoxy) is 6. The van der Waals surface area contributed by atoms with Crippen molar-refractivity contribution in [2.75, 3.05) is 33.0 Å². The Kier molecular flexibility index (Phi) is 22.5. The second-order valence-electron chi connectivity index (χ2n) is 13.1. The number of unbranched alkanes of at least 4 members (excludes halogenated alkanes) is 12. The van der Waals surface area contributed by atoms with E-state index < -0.39 is 86.7 Å². The van der Waals surface area contributed by atoms with Gasteiger partial charge in [0.15, 0.2) is 12.6 Å². The van der Waals surface area contributed by atoms with E-state index in [1.54, 1.807) is 0 Å². The standard InChI is InChI=1S/C34H64O14/c1-3-5-7-9-10-11-12-13-14-16-18-43-20-23(46-26(36)17-15-8-6-4-2)21-44-33-32(42)30(40)28(38)25(48-33)22-45-34-31(41)29(39)27(37)24(19-35)47-34/h23-25,27-35,37-42H,3-22H2,1-2H3. The van der Waals surface area contributed by atoms with Gasteiger partial charge in [0.05, 0.1) is 26.4 Å². The highest BCUT2D eigenvalue weighted by atomic mass is 16.7. The van der Waals surface area contributed by atoms with E-state index in [1.165, 1.54) is 44.9 Å². The molecule has 0 spiro atoms. The maximum atomic E-state index is 12.6. The highest BCUT2D eigenvalue weighted by Gasteiger charge is 2.47. The normalized spacial score (nSPS) is 31.5. The summed E-state index contributed by atoms with van der Waals surface area (Å²) in [5, 5.41) is 71.2. The second-order valence-corrected chi connectivity index (χ2v) is 13.1. The van der Waals surface area contributed by atoms with Gasteiger partial charge in [0.25, 0.3) is 0 Å². The molecule has 14 heteroatoms. The van der Waals surface area contributed by atoms with Gasteiger partial charge in [0.2, 0.25) is 0 Å². The van der Waals surface area contributed by atoms with Crippen molar-refractivity contribution in [1.82, 2.24) is 0 Å². The maximum absolute atomic E-state index is 12.6. The van der Waals surface area contributed by atoms with E-state index in [0.29, 0.717) is 13.0 Å².